The highest BCUT2D eigenvalue weighted by Gasteiger charge is 2.49. The zero-order valence-electron chi connectivity index (χ0n) is 10.6. The SMILES string of the molecule is CN(CCCN)C1C2CC3CC(C2)CC1C3. The van der Waals surface area contributed by atoms with Crippen molar-refractivity contribution in [2.45, 2.75) is 44.6 Å². The summed E-state index contributed by atoms with van der Waals surface area (Å²) < 4.78 is 0. The van der Waals surface area contributed by atoms with E-state index in [-0.39, 0.29) is 0 Å². The van der Waals surface area contributed by atoms with Crippen LogP contribution in [-0.4, -0.2) is 31.1 Å². The molecular formula is C14H26N2. The Morgan fingerprint density at radius 1 is 1.00 bits per heavy atom. The van der Waals surface area contributed by atoms with E-state index in [1.165, 1.54) is 38.6 Å². The second-order valence-corrected chi connectivity index (χ2v) is 6.54. The minimum Gasteiger partial charge on any atom is -0.330 e. The van der Waals surface area contributed by atoms with E-state index in [0.29, 0.717) is 0 Å². The summed E-state index contributed by atoms with van der Waals surface area (Å²) in [7, 11) is 2.34. The lowest BCUT2D eigenvalue weighted by Gasteiger charge is -2.56. The highest BCUT2D eigenvalue weighted by atomic mass is 15.1. The van der Waals surface area contributed by atoms with Gasteiger partial charge in [0.2, 0.25) is 0 Å². The Labute approximate surface area is 99.6 Å². The van der Waals surface area contributed by atoms with Crippen molar-refractivity contribution in [2.75, 3.05) is 20.1 Å². The van der Waals surface area contributed by atoms with E-state index < -0.39 is 0 Å². The predicted octanol–water partition coefficient (Wildman–Crippen LogP) is 2.09. The van der Waals surface area contributed by atoms with Crippen molar-refractivity contribution in [3.05, 3.63) is 0 Å². The van der Waals surface area contributed by atoms with Gasteiger partial charge in [-0.15, -0.1) is 0 Å². The Morgan fingerprint density at radius 2 is 1.56 bits per heavy atom. The van der Waals surface area contributed by atoms with Crippen LogP contribution in [0.2, 0.25) is 0 Å². The van der Waals surface area contributed by atoms with E-state index in [1.807, 2.05) is 0 Å². The van der Waals surface area contributed by atoms with Gasteiger partial charge in [-0.2, -0.15) is 0 Å². The first-order valence-corrected chi connectivity index (χ1v) is 7.18. The summed E-state index contributed by atoms with van der Waals surface area (Å²) in [5, 5.41) is 0. The summed E-state index contributed by atoms with van der Waals surface area (Å²) in [6.45, 7) is 2.06. The van der Waals surface area contributed by atoms with Gasteiger partial charge < -0.3 is 10.6 Å². The van der Waals surface area contributed by atoms with Gasteiger partial charge in [-0.05, 0) is 82.3 Å². The molecule has 0 aromatic heterocycles. The Hall–Kier alpha value is -0.0800. The van der Waals surface area contributed by atoms with Crippen LogP contribution in [0, 0.1) is 23.7 Å². The minimum atomic E-state index is 0.845. The molecule has 0 spiro atoms. The third-order valence-corrected chi connectivity index (χ3v) is 5.40. The zero-order valence-corrected chi connectivity index (χ0v) is 10.6. The van der Waals surface area contributed by atoms with Gasteiger partial charge in [0.1, 0.15) is 0 Å². The van der Waals surface area contributed by atoms with Crippen molar-refractivity contribution in [3.63, 3.8) is 0 Å². The molecule has 4 bridgehead atoms. The van der Waals surface area contributed by atoms with Crippen LogP contribution in [0.25, 0.3) is 0 Å². The molecule has 0 aromatic carbocycles. The van der Waals surface area contributed by atoms with Crippen LogP contribution in [-0.2, 0) is 0 Å². The Balaban J connectivity index is 1.67. The first-order chi connectivity index (χ1) is 7.78. The fourth-order valence-corrected chi connectivity index (χ4v) is 5.11. The zero-order chi connectivity index (χ0) is 11.1. The van der Waals surface area contributed by atoms with E-state index in [0.717, 1.165) is 36.3 Å². The Bertz CT molecular complexity index is 223. The topological polar surface area (TPSA) is 29.3 Å². The molecule has 2 nitrogen and oxygen atoms in total. The highest BCUT2D eigenvalue weighted by Crippen LogP contribution is 2.54. The van der Waals surface area contributed by atoms with E-state index >= 15 is 0 Å². The molecular weight excluding hydrogens is 196 g/mol. The molecule has 0 heterocycles. The average molecular weight is 222 g/mol. The number of hydrogen-bond donors (Lipinski definition) is 1. The van der Waals surface area contributed by atoms with Crippen LogP contribution in [0.3, 0.4) is 0 Å². The first-order valence-electron chi connectivity index (χ1n) is 7.18. The minimum absolute atomic E-state index is 0.845. The number of nitrogens with two attached hydrogens (primary N) is 1. The number of rotatable bonds is 4. The molecule has 4 aliphatic rings. The summed E-state index contributed by atoms with van der Waals surface area (Å²) in [6.07, 6.45) is 8.86. The molecule has 4 rings (SSSR count). The largest absolute Gasteiger partial charge is 0.330 e. The van der Waals surface area contributed by atoms with E-state index in [1.54, 1.807) is 6.42 Å². The maximum absolute atomic E-state index is 5.62. The summed E-state index contributed by atoms with van der Waals surface area (Å²) in [6, 6.07) is 0.902. The molecule has 0 amide bonds. The fraction of sp³-hybridized carbons (Fsp3) is 1.00. The molecule has 4 saturated carbocycles. The molecule has 92 valence electrons. The first kappa shape index (κ1) is 11.0. The van der Waals surface area contributed by atoms with Crippen LogP contribution in [0.1, 0.15) is 38.5 Å². The third-order valence-electron chi connectivity index (χ3n) is 5.40. The van der Waals surface area contributed by atoms with Crippen LogP contribution in [0.5, 0.6) is 0 Å². The quantitative estimate of drug-likeness (QED) is 0.789. The second-order valence-electron chi connectivity index (χ2n) is 6.54. The van der Waals surface area contributed by atoms with Gasteiger partial charge in [-0.1, -0.05) is 0 Å². The van der Waals surface area contributed by atoms with Crippen LogP contribution >= 0.6 is 0 Å². The van der Waals surface area contributed by atoms with Gasteiger partial charge in [-0.3, -0.25) is 0 Å². The normalized spacial score (nSPS) is 45.6. The molecule has 0 atom stereocenters. The summed E-state index contributed by atoms with van der Waals surface area (Å²) >= 11 is 0. The molecule has 16 heavy (non-hydrogen) atoms. The molecule has 4 aliphatic carbocycles. The summed E-state index contributed by atoms with van der Waals surface area (Å²) in [5.74, 6) is 4.25. The van der Waals surface area contributed by atoms with E-state index in [9.17, 15) is 0 Å². The molecule has 4 fully saturated rings. The molecule has 0 aliphatic heterocycles. The van der Waals surface area contributed by atoms with E-state index in [2.05, 4.69) is 11.9 Å². The summed E-state index contributed by atoms with van der Waals surface area (Å²) in [5.41, 5.74) is 5.62. The second kappa shape index (κ2) is 4.30. The number of hydrogen-bond acceptors (Lipinski definition) is 2. The lowest BCUT2D eigenvalue weighted by Crippen LogP contribution is -2.55. The van der Waals surface area contributed by atoms with Crippen molar-refractivity contribution in [3.8, 4) is 0 Å². The fourth-order valence-electron chi connectivity index (χ4n) is 5.11. The van der Waals surface area contributed by atoms with Crippen molar-refractivity contribution in [2.24, 2.45) is 29.4 Å². The number of nitrogens with zero attached hydrogens (tertiary/aromatic N) is 1. The van der Waals surface area contributed by atoms with Crippen molar-refractivity contribution >= 4 is 0 Å². The maximum atomic E-state index is 5.62. The molecule has 2 N–H and O–H groups in total. The molecule has 2 heteroatoms. The molecule has 0 saturated heterocycles. The highest BCUT2D eigenvalue weighted by molar-refractivity contribution is 5.01. The molecule has 0 radical (unpaired) electrons. The Morgan fingerprint density at radius 3 is 2.06 bits per heavy atom. The van der Waals surface area contributed by atoms with Crippen LogP contribution in [0.4, 0.5) is 0 Å². The molecule has 0 aromatic rings. The standard InChI is InChI=1S/C14H26N2/c1-16(4-2-3-15)14-12-6-10-5-11(8-12)9-13(14)7-10/h10-14H,2-9,15H2,1H3. The van der Waals surface area contributed by atoms with Gasteiger partial charge in [0.15, 0.2) is 0 Å². The Kier molecular flexibility index (Phi) is 2.97. The van der Waals surface area contributed by atoms with Gasteiger partial charge in [-0.25, -0.2) is 0 Å². The van der Waals surface area contributed by atoms with Crippen molar-refractivity contribution < 1.29 is 0 Å². The lowest BCUT2D eigenvalue weighted by molar-refractivity contribution is -0.0573. The van der Waals surface area contributed by atoms with Crippen LogP contribution in [0.15, 0.2) is 0 Å². The van der Waals surface area contributed by atoms with E-state index in [4.69, 9.17) is 5.73 Å². The van der Waals surface area contributed by atoms with Crippen molar-refractivity contribution in [1.29, 1.82) is 0 Å². The van der Waals surface area contributed by atoms with Crippen LogP contribution < -0.4 is 5.73 Å². The summed E-state index contributed by atoms with van der Waals surface area (Å²) in [4.78, 5) is 2.64. The van der Waals surface area contributed by atoms with Gasteiger partial charge in [0.05, 0.1) is 0 Å². The monoisotopic (exact) mass is 222 g/mol. The van der Waals surface area contributed by atoms with Gasteiger partial charge >= 0.3 is 0 Å². The van der Waals surface area contributed by atoms with Gasteiger partial charge in [0, 0.05) is 6.04 Å². The molecule has 0 unspecified atom stereocenters. The predicted molar refractivity (Wildman–Crippen MR) is 67.1 cm³/mol. The average Bonchev–Trinajstić information content (AvgIpc) is 2.24. The lowest BCUT2D eigenvalue weighted by atomic mass is 9.54. The smallest absolute Gasteiger partial charge is 0.0149 e. The van der Waals surface area contributed by atoms with Crippen molar-refractivity contribution in [1.82, 2.24) is 4.90 Å². The van der Waals surface area contributed by atoms with Gasteiger partial charge in [0.25, 0.3) is 0 Å². The third kappa shape index (κ3) is 1.80. The maximum Gasteiger partial charge on any atom is 0.0149 e.